The monoisotopic (exact) mass is 235 g/mol. The lowest BCUT2D eigenvalue weighted by atomic mass is 10.2. The molecule has 0 bridgehead atoms. The van der Waals surface area contributed by atoms with Gasteiger partial charge in [-0.2, -0.15) is 5.26 Å². The Morgan fingerprint density at radius 1 is 1.38 bits per heavy atom. The molecule has 1 aliphatic heterocycles. The molecule has 1 aliphatic rings. The molecule has 3 nitrogen and oxygen atoms in total. The highest BCUT2D eigenvalue weighted by atomic mass is 32.1. The van der Waals surface area contributed by atoms with Crippen molar-refractivity contribution in [3.63, 3.8) is 0 Å². The lowest BCUT2D eigenvalue weighted by Crippen LogP contribution is -2.29. The van der Waals surface area contributed by atoms with Crippen LogP contribution in [0.1, 0.15) is 42.4 Å². The van der Waals surface area contributed by atoms with Crippen LogP contribution in [0.2, 0.25) is 0 Å². The van der Waals surface area contributed by atoms with Gasteiger partial charge in [0.15, 0.2) is 0 Å². The van der Waals surface area contributed by atoms with Gasteiger partial charge >= 0.3 is 0 Å². The molecule has 0 amide bonds. The van der Waals surface area contributed by atoms with E-state index in [0.717, 1.165) is 23.8 Å². The molecule has 2 rings (SSSR count). The third kappa shape index (κ3) is 2.60. The van der Waals surface area contributed by atoms with Crippen LogP contribution in [0.15, 0.2) is 5.38 Å². The standard InChI is InChI=1S/C12H17N3S/c1-10-14-11(9-16-10)12(8-13)15-6-4-2-3-5-7-15/h9,12H,2-7H2,1H3. The van der Waals surface area contributed by atoms with Crippen molar-refractivity contribution < 1.29 is 0 Å². The molecule has 0 N–H and O–H groups in total. The van der Waals surface area contributed by atoms with Gasteiger partial charge in [-0.05, 0) is 32.9 Å². The molecular weight excluding hydrogens is 218 g/mol. The lowest BCUT2D eigenvalue weighted by molar-refractivity contribution is 0.242. The summed E-state index contributed by atoms with van der Waals surface area (Å²) in [6, 6.07) is 2.26. The zero-order valence-corrected chi connectivity index (χ0v) is 10.5. The van der Waals surface area contributed by atoms with Crippen LogP contribution in [0.4, 0.5) is 0 Å². The minimum absolute atomic E-state index is 0.136. The third-order valence-corrected chi connectivity index (χ3v) is 3.84. The maximum absolute atomic E-state index is 9.31. The van der Waals surface area contributed by atoms with E-state index in [1.54, 1.807) is 11.3 Å². The second-order valence-electron chi connectivity index (χ2n) is 4.27. The molecule has 0 spiro atoms. The van der Waals surface area contributed by atoms with Gasteiger partial charge in [-0.3, -0.25) is 4.90 Å². The van der Waals surface area contributed by atoms with Gasteiger partial charge in [0.2, 0.25) is 0 Å². The highest BCUT2D eigenvalue weighted by Gasteiger charge is 2.22. The molecule has 1 saturated heterocycles. The van der Waals surface area contributed by atoms with Crippen LogP contribution in [0, 0.1) is 18.3 Å². The average molecular weight is 235 g/mol. The minimum atomic E-state index is -0.136. The van der Waals surface area contributed by atoms with Crippen molar-refractivity contribution in [3.05, 3.63) is 16.1 Å². The molecule has 86 valence electrons. The van der Waals surface area contributed by atoms with Crippen molar-refractivity contribution >= 4 is 11.3 Å². The van der Waals surface area contributed by atoms with Crippen LogP contribution in [-0.2, 0) is 0 Å². The van der Waals surface area contributed by atoms with Gasteiger partial charge in [-0.15, -0.1) is 11.3 Å². The van der Waals surface area contributed by atoms with Crippen LogP contribution >= 0.6 is 11.3 Å². The summed E-state index contributed by atoms with van der Waals surface area (Å²) in [4.78, 5) is 6.72. The summed E-state index contributed by atoms with van der Waals surface area (Å²) in [6.45, 7) is 4.06. The molecule has 1 atom stereocenters. The Labute approximate surface area is 101 Å². The Hall–Kier alpha value is -0.920. The fourth-order valence-corrected chi connectivity index (χ4v) is 2.82. The molecule has 0 radical (unpaired) electrons. The van der Waals surface area contributed by atoms with Gasteiger partial charge < -0.3 is 0 Å². The van der Waals surface area contributed by atoms with Crippen molar-refractivity contribution in [2.24, 2.45) is 0 Å². The van der Waals surface area contributed by atoms with Crippen molar-refractivity contribution in [1.29, 1.82) is 5.26 Å². The zero-order valence-electron chi connectivity index (χ0n) is 9.65. The minimum Gasteiger partial charge on any atom is -0.283 e. The van der Waals surface area contributed by atoms with E-state index in [9.17, 15) is 5.26 Å². The van der Waals surface area contributed by atoms with Crippen LogP contribution in [0.5, 0.6) is 0 Å². The summed E-state index contributed by atoms with van der Waals surface area (Å²) in [5.74, 6) is 0. The van der Waals surface area contributed by atoms with E-state index in [0.29, 0.717) is 0 Å². The van der Waals surface area contributed by atoms with E-state index in [2.05, 4.69) is 16.0 Å². The maximum atomic E-state index is 9.31. The molecule has 1 fully saturated rings. The average Bonchev–Trinajstić information content (AvgIpc) is 2.55. The SMILES string of the molecule is Cc1nc(C(C#N)N2CCCCCC2)cs1. The zero-order chi connectivity index (χ0) is 11.4. The number of hydrogen-bond donors (Lipinski definition) is 0. The lowest BCUT2D eigenvalue weighted by Gasteiger charge is -2.23. The van der Waals surface area contributed by atoms with E-state index in [1.807, 2.05) is 12.3 Å². The molecule has 0 aliphatic carbocycles. The summed E-state index contributed by atoms with van der Waals surface area (Å²) < 4.78 is 0. The molecule has 1 aromatic heterocycles. The van der Waals surface area contributed by atoms with Crippen LogP contribution in [0.25, 0.3) is 0 Å². The summed E-state index contributed by atoms with van der Waals surface area (Å²) >= 11 is 1.63. The number of nitriles is 1. The van der Waals surface area contributed by atoms with Crippen molar-refractivity contribution in [1.82, 2.24) is 9.88 Å². The largest absolute Gasteiger partial charge is 0.283 e. The van der Waals surface area contributed by atoms with Gasteiger partial charge in [0.25, 0.3) is 0 Å². The first-order valence-electron chi connectivity index (χ1n) is 5.87. The first kappa shape index (κ1) is 11.6. The van der Waals surface area contributed by atoms with Gasteiger partial charge in [-0.1, -0.05) is 12.8 Å². The molecule has 1 unspecified atom stereocenters. The molecular formula is C12H17N3S. The van der Waals surface area contributed by atoms with E-state index in [4.69, 9.17) is 0 Å². The summed E-state index contributed by atoms with van der Waals surface area (Å²) in [5.41, 5.74) is 0.937. The maximum Gasteiger partial charge on any atom is 0.141 e. The van der Waals surface area contributed by atoms with Crippen LogP contribution in [0.3, 0.4) is 0 Å². The van der Waals surface area contributed by atoms with E-state index < -0.39 is 0 Å². The second kappa shape index (κ2) is 5.42. The van der Waals surface area contributed by atoms with Crippen molar-refractivity contribution in [2.75, 3.05) is 13.1 Å². The normalized spacial score (nSPS) is 20.0. The molecule has 16 heavy (non-hydrogen) atoms. The van der Waals surface area contributed by atoms with Crippen LogP contribution < -0.4 is 0 Å². The highest BCUT2D eigenvalue weighted by molar-refractivity contribution is 7.09. The smallest absolute Gasteiger partial charge is 0.141 e. The number of likely N-dealkylation sites (tertiary alicyclic amines) is 1. The third-order valence-electron chi connectivity index (χ3n) is 3.05. The predicted octanol–water partition coefficient (Wildman–Crippen LogP) is 2.89. The van der Waals surface area contributed by atoms with E-state index in [1.165, 1.54) is 25.7 Å². The first-order chi connectivity index (χ1) is 7.81. The number of thiazole rings is 1. The molecule has 4 heteroatoms. The van der Waals surface area contributed by atoms with Gasteiger partial charge in [-0.25, -0.2) is 4.98 Å². The van der Waals surface area contributed by atoms with E-state index in [-0.39, 0.29) is 6.04 Å². The second-order valence-corrected chi connectivity index (χ2v) is 5.34. The Morgan fingerprint density at radius 2 is 2.06 bits per heavy atom. The molecule has 0 aromatic carbocycles. The highest BCUT2D eigenvalue weighted by Crippen LogP contribution is 2.24. The summed E-state index contributed by atoms with van der Waals surface area (Å²) in [5, 5.41) is 12.4. The quantitative estimate of drug-likeness (QED) is 0.791. The number of rotatable bonds is 2. The van der Waals surface area contributed by atoms with Gasteiger partial charge in [0.1, 0.15) is 6.04 Å². The van der Waals surface area contributed by atoms with Crippen LogP contribution in [-0.4, -0.2) is 23.0 Å². The molecule has 0 saturated carbocycles. The Kier molecular flexibility index (Phi) is 3.92. The molecule has 2 heterocycles. The fourth-order valence-electron chi connectivity index (χ4n) is 2.19. The predicted molar refractivity (Wildman–Crippen MR) is 65.2 cm³/mol. The number of aromatic nitrogens is 1. The Balaban J connectivity index is 2.12. The number of nitrogens with zero attached hydrogens (tertiary/aromatic N) is 3. The van der Waals surface area contributed by atoms with Gasteiger partial charge in [0.05, 0.1) is 16.8 Å². The van der Waals surface area contributed by atoms with E-state index >= 15 is 0 Å². The Morgan fingerprint density at radius 3 is 2.56 bits per heavy atom. The van der Waals surface area contributed by atoms with Gasteiger partial charge in [0, 0.05) is 5.38 Å². The van der Waals surface area contributed by atoms with Crippen molar-refractivity contribution in [2.45, 2.75) is 38.6 Å². The topological polar surface area (TPSA) is 39.9 Å². The summed E-state index contributed by atoms with van der Waals surface area (Å²) in [6.07, 6.45) is 5.01. The molecule has 1 aromatic rings. The Bertz CT molecular complexity index is 372. The summed E-state index contributed by atoms with van der Waals surface area (Å²) in [7, 11) is 0. The van der Waals surface area contributed by atoms with Crippen molar-refractivity contribution in [3.8, 4) is 6.07 Å². The number of hydrogen-bond acceptors (Lipinski definition) is 4. The fraction of sp³-hybridized carbons (Fsp3) is 0.667. The first-order valence-corrected chi connectivity index (χ1v) is 6.75. The number of aryl methyl sites for hydroxylation is 1.